The van der Waals surface area contributed by atoms with Crippen LogP contribution in [-0.4, -0.2) is 20.2 Å². The standard InChI is InChI=1S/C24H24N2O5S/c1-15-6-12-21(25-18(4)27)22(13-15)26-24(28)19-8-10-20(11-9-19)31-32(29,30)23-14-16(2)5-7-17(23)3/h5-14H,1-4H3,(H,25,27)(H,26,28). The van der Waals surface area contributed by atoms with E-state index in [0.717, 1.165) is 11.1 Å². The Morgan fingerprint density at radius 2 is 1.41 bits per heavy atom. The number of rotatable bonds is 6. The van der Waals surface area contributed by atoms with Crippen LogP contribution in [0.2, 0.25) is 0 Å². The summed E-state index contributed by atoms with van der Waals surface area (Å²) in [7, 11) is -4.01. The minimum Gasteiger partial charge on any atom is -0.379 e. The molecular formula is C24H24N2O5S. The maximum absolute atomic E-state index is 12.7. The first-order chi connectivity index (χ1) is 15.0. The van der Waals surface area contributed by atoms with Gasteiger partial charge in [-0.3, -0.25) is 9.59 Å². The lowest BCUT2D eigenvalue weighted by Gasteiger charge is -2.13. The highest BCUT2D eigenvalue weighted by molar-refractivity contribution is 7.87. The van der Waals surface area contributed by atoms with Crippen molar-refractivity contribution >= 4 is 33.3 Å². The van der Waals surface area contributed by atoms with E-state index in [1.54, 1.807) is 38.1 Å². The third-order valence-electron chi connectivity index (χ3n) is 4.67. The second-order valence-corrected chi connectivity index (χ2v) is 9.03. The molecule has 0 atom stereocenters. The summed E-state index contributed by atoms with van der Waals surface area (Å²) in [4.78, 5) is 24.2. The largest absolute Gasteiger partial charge is 0.379 e. The number of hydrogen-bond donors (Lipinski definition) is 2. The van der Waals surface area contributed by atoms with Gasteiger partial charge in [-0.2, -0.15) is 8.42 Å². The predicted molar refractivity (Wildman–Crippen MR) is 124 cm³/mol. The van der Waals surface area contributed by atoms with E-state index < -0.39 is 16.0 Å². The lowest BCUT2D eigenvalue weighted by Crippen LogP contribution is -2.15. The molecule has 0 spiro atoms. The number of hydrogen-bond acceptors (Lipinski definition) is 5. The van der Waals surface area contributed by atoms with Gasteiger partial charge < -0.3 is 14.8 Å². The van der Waals surface area contributed by atoms with Gasteiger partial charge in [-0.25, -0.2) is 0 Å². The van der Waals surface area contributed by atoms with Crippen LogP contribution in [-0.2, 0) is 14.9 Å². The Balaban J connectivity index is 1.77. The van der Waals surface area contributed by atoms with E-state index in [0.29, 0.717) is 22.5 Å². The fourth-order valence-electron chi connectivity index (χ4n) is 3.06. The van der Waals surface area contributed by atoms with Gasteiger partial charge in [0.05, 0.1) is 11.4 Å². The summed E-state index contributed by atoms with van der Waals surface area (Å²) in [5, 5.41) is 5.44. The van der Waals surface area contributed by atoms with Crippen molar-refractivity contribution in [1.82, 2.24) is 0 Å². The van der Waals surface area contributed by atoms with E-state index in [4.69, 9.17) is 4.18 Å². The summed E-state index contributed by atoms with van der Waals surface area (Å²) in [6, 6.07) is 16.2. The molecule has 8 heteroatoms. The van der Waals surface area contributed by atoms with Crippen LogP contribution in [0.15, 0.2) is 65.6 Å². The number of benzene rings is 3. The van der Waals surface area contributed by atoms with E-state index in [9.17, 15) is 18.0 Å². The first kappa shape index (κ1) is 23.0. The Morgan fingerprint density at radius 3 is 2.06 bits per heavy atom. The van der Waals surface area contributed by atoms with Crippen molar-refractivity contribution in [1.29, 1.82) is 0 Å². The van der Waals surface area contributed by atoms with Gasteiger partial charge in [0.1, 0.15) is 10.6 Å². The number of nitrogens with one attached hydrogen (secondary N) is 2. The van der Waals surface area contributed by atoms with Crippen LogP contribution in [0.25, 0.3) is 0 Å². The van der Waals surface area contributed by atoms with E-state index in [2.05, 4.69) is 10.6 Å². The van der Waals surface area contributed by atoms with Crippen molar-refractivity contribution < 1.29 is 22.2 Å². The summed E-state index contributed by atoms with van der Waals surface area (Å²) >= 11 is 0. The van der Waals surface area contributed by atoms with Crippen LogP contribution in [0, 0.1) is 20.8 Å². The van der Waals surface area contributed by atoms with Crippen LogP contribution >= 0.6 is 0 Å². The van der Waals surface area contributed by atoms with Gasteiger partial charge in [-0.15, -0.1) is 0 Å². The predicted octanol–water partition coefficient (Wildman–Crippen LogP) is 4.59. The Bertz CT molecular complexity index is 1280. The molecule has 0 radical (unpaired) electrons. The van der Waals surface area contributed by atoms with Crippen LogP contribution in [0.5, 0.6) is 5.75 Å². The fraction of sp³-hybridized carbons (Fsp3) is 0.167. The summed E-state index contributed by atoms with van der Waals surface area (Å²) in [5.74, 6) is -0.570. The molecule has 166 valence electrons. The van der Waals surface area contributed by atoms with Gasteiger partial charge in [-0.1, -0.05) is 18.2 Å². The summed E-state index contributed by atoms with van der Waals surface area (Å²) < 4.78 is 30.6. The molecule has 2 N–H and O–H groups in total. The van der Waals surface area contributed by atoms with E-state index in [1.165, 1.54) is 31.2 Å². The maximum Gasteiger partial charge on any atom is 0.339 e. The highest BCUT2D eigenvalue weighted by Crippen LogP contribution is 2.25. The van der Waals surface area contributed by atoms with Crippen molar-refractivity contribution in [2.75, 3.05) is 10.6 Å². The first-order valence-corrected chi connectivity index (χ1v) is 11.3. The van der Waals surface area contributed by atoms with Gasteiger partial charge >= 0.3 is 10.1 Å². The molecule has 0 saturated heterocycles. The normalized spacial score (nSPS) is 11.0. The Kier molecular flexibility index (Phi) is 6.64. The van der Waals surface area contributed by atoms with Crippen molar-refractivity contribution in [3.8, 4) is 5.75 Å². The van der Waals surface area contributed by atoms with Crippen molar-refractivity contribution in [2.24, 2.45) is 0 Å². The second kappa shape index (κ2) is 9.23. The maximum atomic E-state index is 12.7. The zero-order valence-corrected chi connectivity index (χ0v) is 19.0. The van der Waals surface area contributed by atoms with Crippen molar-refractivity contribution in [3.63, 3.8) is 0 Å². The van der Waals surface area contributed by atoms with Crippen LogP contribution in [0.1, 0.15) is 34.0 Å². The molecule has 0 aromatic heterocycles. The molecule has 7 nitrogen and oxygen atoms in total. The molecule has 0 bridgehead atoms. The third-order valence-corrected chi connectivity index (χ3v) is 6.06. The minimum absolute atomic E-state index is 0.0944. The molecule has 0 aliphatic rings. The molecule has 0 fully saturated rings. The molecule has 32 heavy (non-hydrogen) atoms. The summed E-state index contributed by atoms with van der Waals surface area (Å²) in [5.41, 5.74) is 3.55. The molecule has 0 heterocycles. The molecule has 0 aliphatic heterocycles. The lowest BCUT2D eigenvalue weighted by molar-refractivity contribution is -0.114. The van der Waals surface area contributed by atoms with Gasteiger partial charge in [0.15, 0.2) is 0 Å². The van der Waals surface area contributed by atoms with Crippen LogP contribution in [0.3, 0.4) is 0 Å². The molecule has 0 aliphatic carbocycles. The zero-order valence-electron chi connectivity index (χ0n) is 18.2. The van der Waals surface area contributed by atoms with Gasteiger partial charge in [-0.05, 0) is 79.9 Å². The van der Waals surface area contributed by atoms with Gasteiger partial charge in [0.25, 0.3) is 5.91 Å². The topological polar surface area (TPSA) is 102 Å². The molecular weight excluding hydrogens is 428 g/mol. The summed E-state index contributed by atoms with van der Waals surface area (Å²) in [6.07, 6.45) is 0. The number of anilines is 2. The fourth-order valence-corrected chi connectivity index (χ4v) is 4.31. The molecule has 0 saturated carbocycles. The number of aryl methyl sites for hydroxylation is 3. The van der Waals surface area contributed by atoms with E-state index in [1.807, 2.05) is 19.1 Å². The van der Waals surface area contributed by atoms with E-state index in [-0.39, 0.29) is 16.6 Å². The Hall–Kier alpha value is -3.65. The number of amides is 2. The van der Waals surface area contributed by atoms with Gasteiger partial charge in [0.2, 0.25) is 5.91 Å². The van der Waals surface area contributed by atoms with Crippen molar-refractivity contribution in [2.45, 2.75) is 32.6 Å². The average molecular weight is 453 g/mol. The molecule has 0 unspecified atom stereocenters. The lowest BCUT2D eigenvalue weighted by atomic mass is 10.1. The highest BCUT2D eigenvalue weighted by Gasteiger charge is 2.20. The van der Waals surface area contributed by atoms with Crippen LogP contribution in [0.4, 0.5) is 11.4 Å². The molecule has 3 aromatic rings. The Labute approximate surface area is 187 Å². The SMILES string of the molecule is CC(=O)Nc1ccc(C)cc1NC(=O)c1ccc(OS(=O)(=O)c2cc(C)ccc2C)cc1. The summed E-state index contributed by atoms with van der Waals surface area (Å²) in [6.45, 7) is 6.76. The third kappa shape index (κ3) is 5.53. The quantitative estimate of drug-likeness (QED) is 0.533. The zero-order chi connectivity index (χ0) is 23.5. The Morgan fingerprint density at radius 1 is 0.781 bits per heavy atom. The van der Waals surface area contributed by atoms with E-state index >= 15 is 0 Å². The van der Waals surface area contributed by atoms with Crippen LogP contribution < -0.4 is 14.8 Å². The molecule has 2 amide bonds. The average Bonchev–Trinajstić information content (AvgIpc) is 2.71. The minimum atomic E-state index is -4.01. The van der Waals surface area contributed by atoms with Gasteiger partial charge in [0, 0.05) is 12.5 Å². The highest BCUT2D eigenvalue weighted by atomic mass is 32.2. The monoisotopic (exact) mass is 452 g/mol. The number of carbonyl (C=O) groups excluding carboxylic acids is 2. The smallest absolute Gasteiger partial charge is 0.339 e. The first-order valence-electron chi connectivity index (χ1n) is 9.86. The second-order valence-electron chi connectivity index (χ2n) is 7.52. The molecule has 3 aromatic carbocycles. The molecule has 3 rings (SSSR count). The van der Waals surface area contributed by atoms with Crippen molar-refractivity contribution in [3.05, 3.63) is 82.9 Å². The number of carbonyl (C=O) groups is 2.